The fourth-order valence-electron chi connectivity index (χ4n) is 3.06. The molecule has 1 aliphatic rings. The topological polar surface area (TPSA) is 77.2 Å². The van der Waals surface area contributed by atoms with Gasteiger partial charge in [0.25, 0.3) is 11.1 Å². The SMILES string of the molecule is CCOc1ccccc1-c1nnc(SC(C)C(=O)NC2CCCCC2)o1. The Bertz CT molecular complexity index is 728. The van der Waals surface area contributed by atoms with Gasteiger partial charge in [-0.25, -0.2) is 0 Å². The molecule has 1 N–H and O–H groups in total. The number of para-hydroxylation sites is 1. The summed E-state index contributed by atoms with van der Waals surface area (Å²) in [5.74, 6) is 1.13. The van der Waals surface area contributed by atoms with E-state index in [1.165, 1.54) is 31.0 Å². The van der Waals surface area contributed by atoms with E-state index in [-0.39, 0.29) is 11.2 Å². The highest BCUT2D eigenvalue weighted by atomic mass is 32.2. The molecule has 1 aromatic carbocycles. The van der Waals surface area contributed by atoms with Gasteiger partial charge in [0.1, 0.15) is 5.75 Å². The molecule has 0 spiro atoms. The standard InChI is InChI=1S/C19H25N3O3S/c1-3-24-16-12-8-7-11-15(16)18-21-22-19(25-18)26-13(2)17(23)20-14-9-5-4-6-10-14/h7-8,11-14H,3-6,9-10H2,1-2H3,(H,20,23). The molecule has 140 valence electrons. The first-order valence-corrected chi connectivity index (χ1v) is 10.1. The van der Waals surface area contributed by atoms with E-state index in [4.69, 9.17) is 9.15 Å². The summed E-state index contributed by atoms with van der Waals surface area (Å²) in [4.78, 5) is 12.4. The van der Waals surface area contributed by atoms with E-state index < -0.39 is 0 Å². The zero-order valence-electron chi connectivity index (χ0n) is 15.2. The molecule has 7 heteroatoms. The quantitative estimate of drug-likeness (QED) is 0.735. The van der Waals surface area contributed by atoms with Crippen molar-refractivity contribution in [1.82, 2.24) is 15.5 Å². The van der Waals surface area contributed by atoms with Gasteiger partial charge in [-0.3, -0.25) is 4.79 Å². The van der Waals surface area contributed by atoms with Crippen molar-refractivity contribution in [2.24, 2.45) is 0 Å². The van der Waals surface area contributed by atoms with E-state index in [9.17, 15) is 4.79 Å². The predicted molar refractivity (Wildman–Crippen MR) is 101 cm³/mol. The number of ether oxygens (including phenoxy) is 1. The zero-order valence-corrected chi connectivity index (χ0v) is 16.1. The third-order valence-corrected chi connectivity index (χ3v) is 5.36. The van der Waals surface area contributed by atoms with Gasteiger partial charge >= 0.3 is 0 Å². The summed E-state index contributed by atoms with van der Waals surface area (Å²) in [7, 11) is 0. The van der Waals surface area contributed by atoms with Crippen molar-refractivity contribution < 1.29 is 13.9 Å². The van der Waals surface area contributed by atoms with Crippen LogP contribution in [0.3, 0.4) is 0 Å². The van der Waals surface area contributed by atoms with Crippen LogP contribution in [0.2, 0.25) is 0 Å². The molecule has 0 saturated heterocycles. The number of carbonyl (C=O) groups excluding carboxylic acids is 1. The highest BCUT2D eigenvalue weighted by Gasteiger charge is 2.23. The zero-order chi connectivity index (χ0) is 18.4. The number of amides is 1. The fourth-order valence-corrected chi connectivity index (χ4v) is 3.75. The Morgan fingerprint density at radius 2 is 2.08 bits per heavy atom. The minimum absolute atomic E-state index is 0.0244. The summed E-state index contributed by atoms with van der Waals surface area (Å²) >= 11 is 1.28. The summed E-state index contributed by atoms with van der Waals surface area (Å²) in [6, 6.07) is 7.85. The lowest BCUT2D eigenvalue weighted by atomic mass is 9.95. The van der Waals surface area contributed by atoms with Crippen molar-refractivity contribution in [3.05, 3.63) is 24.3 Å². The molecule has 2 aromatic rings. The van der Waals surface area contributed by atoms with Crippen LogP contribution in [0.25, 0.3) is 11.5 Å². The molecule has 1 fully saturated rings. The van der Waals surface area contributed by atoms with Crippen LogP contribution in [0, 0.1) is 0 Å². The van der Waals surface area contributed by atoms with E-state index >= 15 is 0 Å². The Hall–Kier alpha value is -2.02. The molecule has 0 radical (unpaired) electrons. The second kappa shape index (κ2) is 9.07. The molecule has 3 rings (SSSR count). The number of rotatable bonds is 7. The number of hydrogen-bond acceptors (Lipinski definition) is 6. The Balaban J connectivity index is 1.62. The van der Waals surface area contributed by atoms with Crippen molar-refractivity contribution in [3.8, 4) is 17.2 Å². The van der Waals surface area contributed by atoms with Gasteiger partial charge in [0, 0.05) is 6.04 Å². The van der Waals surface area contributed by atoms with Crippen molar-refractivity contribution in [3.63, 3.8) is 0 Å². The van der Waals surface area contributed by atoms with Crippen LogP contribution in [-0.4, -0.2) is 34.0 Å². The van der Waals surface area contributed by atoms with E-state index in [0.29, 0.717) is 29.5 Å². The van der Waals surface area contributed by atoms with Gasteiger partial charge in [-0.1, -0.05) is 43.2 Å². The van der Waals surface area contributed by atoms with Crippen molar-refractivity contribution in [2.75, 3.05) is 6.61 Å². The molecule has 6 nitrogen and oxygen atoms in total. The normalized spacial score (nSPS) is 16.2. The van der Waals surface area contributed by atoms with Gasteiger partial charge < -0.3 is 14.5 Å². The average molecular weight is 375 g/mol. The molecule has 1 heterocycles. The Kier molecular flexibility index (Phi) is 6.55. The van der Waals surface area contributed by atoms with Gasteiger partial charge in [-0.05, 0) is 38.8 Å². The summed E-state index contributed by atoms with van der Waals surface area (Å²) in [6.07, 6.45) is 5.80. The molecular formula is C19H25N3O3S. The smallest absolute Gasteiger partial charge is 0.277 e. The van der Waals surface area contributed by atoms with Gasteiger partial charge in [-0.2, -0.15) is 0 Å². The molecule has 1 atom stereocenters. The maximum Gasteiger partial charge on any atom is 0.277 e. The molecule has 1 aliphatic carbocycles. The van der Waals surface area contributed by atoms with Crippen LogP contribution in [0.5, 0.6) is 5.75 Å². The monoisotopic (exact) mass is 375 g/mol. The maximum absolute atomic E-state index is 12.4. The lowest BCUT2D eigenvalue weighted by Crippen LogP contribution is -2.40. The van der Waals surface area contributed by atoms with Crippen LogP contribution in [-0.2, 0) is 4.79 Å². The summed E-state index contributed by atoms with van der Waals surface area (Å²) in [5, 5.41) is 11.4. The number of hydrogen-bond donors (Lipinski definition) is 1. The minimum Gasteiger partial charge on any atom is -0.493 e. The summed E-state index contributed by atoms with van der Waals surface area (Å²) < 4.78 is 11.4. The first-order valence-electron chi connectivity index (χ1n) is 9.20. The van der Waals surface area contributed by atoms with Gasteiger partial charge in [0.05, 0.1) is 17.4 Å². The van der Waals surface area contributed by atoms with Crippen molar-refractivity contribution in [1.29, 1.82) is 0 Å². The second-order valence-electron chi connectivity index (χ2n) is 6.41. The predicted octanol–water partition coefficient (Wildman–Crippen LogP) is 4.06. The first-order chi connectivity index (χ1) is 12.7. The van der Waals surface area contributed by atoms with Crippen LogP contribution < -0.4 is 10.1 Å². The molecular weight excluding hydrogens is 350 g/mol. The number of benzene rings is 1. The van der Waals surface area contributed by atoms with Crippen molar-refractivity contribution in [2.45, 2.75) is 62.5 Å². The highest BCUT2D eigenvalue weighted by molar-refractivity contribution is 8.00. The van der Waals surface area contributed by atoms with Crippen molar-refractivity contribution >= 4 is 17.7 Å². The van der Waals surface area contributed by atoms with Gasteiger partial charge in [0.15, 0.2) is 0 Å². The molecule has 1 unspecified atom stereocenters. The first kappa shape index (κ1) is 18.8. The summed E-state index contributed by atoms with van der Waals surface area (Å²) in [6.45, 7) is 4.35. The molecule has 26 heavy (non-hydrogen) atoms. The molecule has 1 aromatic heterocycles. The number of carbonyl (C=O) groups is 1. The van der Waals surface area contributed by atoms with E-state index in [0.717, 1.165) is 18.4 Å². The third kappa shape index (κ3) is 4.78. The molecule has 1 amide bonds. The minimum atomic E-state index is -0.285. The highest BCUT2D eigenvalue weighted by Crippen LogP contribution is 2.31. The average Bonchev–Trinajstić information content (AvgIpc) is 3.11. The maximum atomic E-state index is 12.4. The van der Waals surface area contributed by atoms with Crippen LogP contribution in [0.1, 0.15) is 46.0 Å². The number of thioether (sulfide) groups is 1. The Labute approximate surface area is 158 Å². The lowest BCUT2D eigenvalue weighted by Gasteiger charge is -2.23. The number of nitrogens with one attached hydrogen (secondary N) is 1. The van der Waals surface area contributed by atoms with E-state index in [1.54, 1.807) is 0 Å². The fraction of sp³-hybridized carbons (Fsp3) is 0.526. The third-order valence-electron chi connectivity index (χ3n) is 4.42. The lowest BCUT2D eigenvalue weighted by molar-refractivity contribution is -0.121. The number of nitrogens with zero attached hydrogens (tertiary/aromatic N) is 2. The van der Waals surface area contributed by atoms with Gasteiger partial charge in [-0.15, -0.1) is 10.2 Å². The molecule has 0 bridgehead atoms. The Morgan fingerprint density at radius 1 is 1.31 bits per heavy atom. The van der Waals surface area contributed by atoms with Crippen LogP contribution in [0.15, 0.2) is 33.9 Å². The second-order valence-corrected chi connectivity index (χ2v) is 7.70. The molecule has 0 aliphatic heterocycles. The van der Waals surface area contributed by atoms with Crippen LogP contribution in [0.4, 0.5) is 0 Å². The van der Waals surface area contributed by atoms with Gasteiger partial charge in [0.2, 0.25) is 5.91 Å². The summed E-state index contributed by atoms with van der Waals surface area (Å²) in [5.41, 5.74) is 0.757. The molecule has 1 saturated carbocycles. The van der Waals surface area contributed by atoms with Crippen LogP contribution >= 0.6 is 11.8 Å². The largest absolute Gasteiger partial charge is 0.493 e. The van der Waals surface area contributed by atoms with E-state index in [2.05, 4.69) is 15.5 Å². The number of aromatic nitrogens is 2. The van der Waals surface area contributed by atoms with E-state index in [1.807, 2.05) is 38.1 Å². The Morgan fingerprint density at radius 3 is 2.85 bits per heavy atom.